The zero-order valence-electron chi connectivity index (χ0n) is 17.0. The van der Waals surface area contributed by atoms with Gasteiger partial charge in [0.2, 0.25) is 0 Å². The van der Waals surface area contributed by atoms with Crippen LogP contribution in [0.3, 0.4) is 0 Å². The van der Waals surface area contributed by atoms with Crippen molar-refractivity contribution in [3.8, 4) is 12.1 Å². The highest BCUT2D eigenvalue weighted by molar-refractivity contribution is 5.40. The van der Waals surface area contributed by atoms with E-state index in [9.17, 15) is 15.6 Å². The number of rotatable bonds is 8. The number of hydrogen-bond acceptors (Lipinski definition) is 7. The van der Waals surface area contributed by atoms with E-state index >= 15 is 0 Å². The number of piperidine rings is 1. The Morgan fingerprint density at radius 1 is 0.821 bits per heavy atom. The molecule has 3 aliphatic rings. The highest BCUT2D eigenvalue weighted by atomic mass is 16.3. The molecule has 0 aromatic rings. The topological polar surface area (TPSA) is 80.8 Å². The summed E-state index contributed by atoms with van der Waals surface area (Å²) in [5.41, 5.74) is 0.243. The fraction of sp³-hybridized carbons (Fsp3) is 0.810. The first-order valence-corrected chi connectivity index (χ1v) is 10.9. The van der Waals surface area contributed by atoms with Gasteiger partial charge in [-0.3, -0.25) is 0 Å². The number of likely N-dealkylation sites (tertiary alicyclic amines) is 2. The molecule has 0 aromatic heterocycles. The van der Waals surface area contributed by atoms with Crippen molar-refractivity contribution in [3.05, 3.63) is 11.4 Å². The van der Waals surface area contributed by atoms with Gasteiger partial charge in [0.05, 0.1) is 6.10 Å². The molecule has 0 aromatic carbocycles. The predicted molar refractivity (Wildman–Crippen MR) is 108 cm³/mol. The van der Waals surface area contributed by atoms with Crippen LogP contribution < -0.4 is 0 Å². The van der Waals surface area contributed by atoms with Crippen molar-refractivity contribution in [1.82, 2.24) is 19.6 Å². The van der Waals surface area contributed by atoms with Crippen LogP contribution in [0, 0.1) is 22.7 Å². The minimum Gasteiger partial charge on any atom is -0.392 e. The van der Waals surface area contributed by atoms with Gasteiger partial charge in [0, 0.05) is 39.3 Å². The van der Waals surface area contributed by atoms with E-state index in [-0.39, 0.29) is 11.7 Å². The summed E-state index contributed by atoms with van der Waals surface area (Å²) in [6.45, 7) is 9.77. The Bertz CT molecular complexity index is 579. The van der Waals surface area contributed by atoms with Gasteiger partial charge in [0.15, 0.2) is 5.57 Å². The van der Waals surface area contributed by atoms with Crippen LogP contribution in [0.1, 0.15) is 38.5 Å². The molecule has 3 rings (SSSR count). The summed E-state index contributed by atoms with van der Waals surface area (Å²) in [5, 5.41) is 28.6. The lowest BCUT2D eigenvalue weighted by atomic mass is 10.1. The molecule has 3 fully saturated rings. The zero-order valence-corrected chi connectivity index (χ0v) is 17.0. The third-order valence-corrected chi connectivity index (χ3v) is 6.19. The molecule has 0 bridgehead atoms. The smallest absolute Gasteiger partial charge is 0.169 e. The molecule has 0 saturated carbocycles. The van der Waals surface area contributed by atoms with Crippen LogP contribution >= 0.6 is 0 Å². The Hall–Kier alpha value is -1.80. The van der Waals surface area contributed by atoms with E-state index in [2.05, 4.69) is 31.7 Å². The molecule has 7 nitrogen and oxygen atoms in total. The summed E-state index contributed by atoms with van der Waals surface area (Å²) in [7, 11) is 0. The SMILES string of the molecule is N#CC(C#N)=C1N(CCCN2CCCCC2)CCN1CCCN1CCC(O)C1. The van der Waals surface area contributed by atoms with E-state index in [0.717, 1.165) is 77.4 Å². The van der Waals surface area contributed by atoms with Gasteiger partial charge in [0.1, 0.15) is 18.0 Å². The number of β-amino-alcohol motifs (C(OH)–C–C–N with tert-alkyl or cyclic N) is 1. The Kier molecular flexibility index (Phi) is 7.97. The standard InChI is InChI=1S/C21H34N6O/c22-16-19(17-23)21-26(11-4-9-24-7-2-1-3-8-24)14-15-27(21)12-5-10-25-13-6-20(28)18-25/h20,28H,1-15,18H2. The minimum absolute atomic E-state index is 0.179. The van der Waals surface area contributed by atoms with Gasteiger partial charge in [-0.25, -0.2) is 0 Å². The van der Waals surface area contributed by atoms with Crippen LogP contribution in [0.5, 0.6) is 0 Å². The van der Waals surface area contributed by atoms with E-state index < -0.39 is 0 Å². The molecular weight excluding hydrogens is 352 g/mol. The van der Waals surface area contributed by atoms with E-state index in [1.807, 2.05) is 0 Å². The van der Waals surface area contributed by atoms with Crippen LogP contribution in [0.2, 0.25) is 0 Å². The Balaban J connectivity index is 1.50. The monoisotopic (exact) mass is 386 g/mol. The summed E-state index contributed by atoms with van der Waals surface area (Å²) in [5.74, 6) is 0.838. The van der Waals surface area contributed by atoms with E-state index in [0.29, 0.717) is 0 Å². The number of hydrogen-bond donors (Lipinski definition) is 1. The van der Waals surface area contributed by atoms with E-state index in [1.165, 1.54) is 32.4 Å². The molecule has 0 radical (unpaired) electrons. The molecule has 0 aliphatic carbocycles. The maximum absolute atomic E-state index is 9.66. The van der Waals surface area contributed by atoms with Crippen molar-refractivity contribution in [2.75, 3.05) is 65.4 Å². The lowest BCUT2D eigenvalue weighted by Gasteiger charge is -2.29. The summed E-state index contributed by atoms with van der Waals surface area (Å²) < 4.78 is 0. The van der Waals surface area contributed by atoms with Crippen molar-refractivity contribution in [1.29, 1.82) is 10.5 Å². The summed E-state index contributed by atoms with van der Waals surface area (Å²) in [6, 6.07) is 4.22. The second kappa shape index (κ2) is 10.7. The number of allylic oxidation sites excluding steroid dienone is 1. The van der Waals surface area contributed by atoms with E-state index in [1.54, 1.807) is 0 Å². The van der Waals surface area contributed by atoms with Gasteiger partial charge in [-0.2, -0.15) is 10.5 Å². The largest absolute Gasteiger partial charge is 0.392 e. The van der Waals surface area contributed by atoms with Crippen molar-refractivity contribution in [2.24, 2.45) is 0 Å². The molecule has 1 unspecified atom stereocenters. The lowest BCUT2D eigenvalue weighted by molar-refractivity contribution is 0.174. The fourth-order valence-electron chi connectivity index (χ4n) is 4.70. The van der Waals surface area contributed by atoms with Crippen molar-refractivity contribution >= 4 is 0 Å². The number of aliphatic hydroxyl groups is 1. The van der Waals surface area contributed by atoms with Gasteiger partial charge in [-0.15, -0.1) is 0 Å². The first kappa shape index (κ1) is 20.9. The van der Waals surface area contributed by atoms with Gasteiger partial charge < -0.3 is 24.7 Å². The van der Waals surface area contributed by atoms with E-state index in [4.69, 9.17) is 0 Å². The van der Waals surface area contributed by atoms with Crippen LogP contribution in [0.4, 0.5) is 0 Å². The number of aliphatic hydroxyl groups excluding tert-OH is 1. The third-order valence-electron chi connectivity index (χ3n) is 6.19. The van der Waals surface area contributed by atoms with Crippen LogP contribution in [-0.2, 0) is 0 Å². The molecule has 0 amide bonds. The molecule has 28 heavy (non-hydrogen) atoms. The van der Waals surface area contributed by atoms with Gasteiger partial charge in [-0.1, -0.05) is 6.42 Å². The second-order valence-corrected chi connectivity index (χ2v) is 8.25. The minimum atomic E-state index is -0.179. The molecule has 7 heteroatoms. The molecule has 3 heterocycles. The average molecular weight is 387 g/mol. The van der Waals surface area contributed by atoms with Crippen LogP contribution in [0.15, 0.2) is 11.4 Å². The van der Waals surface area contributed by atoms with Crippen molar-refractivity contribution in [2.45, 2.75) is 44.6 Å². The molecule has 154 valence electrons. The normalized spacial score (nSPS) is 23.8. The second-order valence-electron chi connectivity index (χ2n) is 8.25. The molecule has 0 spiro atoms. The first-order valence-electron chi connectivity index (χ1n) is 10.9. The third kappa shape index (κ3) is 5.61. The van der Waals surface area contributed by atoms with Crippen molar-refractivity contribution < 1.29 is 5.11 Å². The number of nitrogens with zero attached hydrogens (tertiary/aromatic N) is 6. The average Bonchev–Trinajstić information content (AvgIpc) is 3.31. The Labute approximate surface area is 169 Å². The maximum atomic E-state index is 9.66. The highest BCUT2D eigenvalue weighted by Crippen LogP contribution is 2.23. The zero-order chi connectivity index (χ0) is 19.8. The highest BCUT2D eigenvalue weighted by Gasteiger charge is 2.28. The van der Waals surface area contributed by atoms with Gasteiger partial charge >= 0.3 is 0 Å². The summed E-state index contributed by atoms with van der Waals surface area (Å²) >= 11 is 0. The molecule has 1 atom stereocenters. The Morgan fingerprint density at radius 2 is 1.43 bits per heavy atom. The van der Waals surface area contributed by atoms with Gasteiger partial charge in [0.25, 0.3) is 0 Å². The molecular formula is C21H34N6O. The quantitative estimate of drug-likeness (QED) is 0.628. The fourth-order valence-corrected chi connectivity index (χ4v) is 4.70. The lowest BCUT2D eigenvalue weighted by Crippen LogP contribution is -2.33. The number of nitriles is 2. The predicted octanol–water partition coefficient (Wildman–Crippen LogP) is 1.20. The molecule has 1 N–H and O–H groups in total. The molecule has 3 saturated heterocycles. The van der Waals surface area contributed by atoms with Crippen molar-refractivity contribution in [3.63, 3.8) is 0 Å². The summed E-state index contributed by atoms with van der Waals surface area (Å²) in [4.78, 5) is 9.30. The van der Waals surface area contributed by atoms with Crippen LogP contribution in [-0.4, -0.2) is 96.3 Å². The summed E-state index contributed by atoms with van der Waals surface area (Å²) in [6.07, 6.45) is 6.73. The van der Waals surface area contributed by atoms with Crippen LogP contribution in [0.25, 0.3) is 0 Å². The maximum Gasteiger partial charge on any atom is 0.169 e. The molecule has 3 aliphatic heterocycles. The first-order chi connectivity index (χ1) is 13.7. The van der Waals surface area contributed by atoms with Gasteiger partial charge in [-0.05, 0) is 58.3 Å². The Morgan fingerprint density at radius 3 is 1.96 bits per heavy atom.